The van der Waals surface area contributed by atoms with Gasteiger partial charge in [0, 0.05) is 6.42 Å². The Balaban J connectivity index is 2.13. The van der Waals surface area contributed by atoms with Gasteiger partial charge < -0.3 is 20.9 Å². The summed E-state index contributed by atoms with van der Waals surface area (Å²) < 4.78 is 5.35. The van der Waals surface area contributed by atoms with E-state index in [1.165, 1.54) is 0 Å². The summed E-state index contributed by atoms with van der Waals surface area (Å²) >= 11 is 0. The molecule has 1 fully saturated rings. The molecule has 5 nitrogen and oxygen atoms in total. The number of hydrogen-bond acceptors (Lipinski definition) is 5. The molecule has 1 saturated heterocycles. The molecule has 3 atom stereocenters. The second-order valence-corrected chi connectivity index (χ2v) is 2.84. The van der Waals surface area contributed by atoms with E-state index in [1.807, 2.05) is 0 Å². The van der Waals surface area contributed by atoms with Crippen molar-refractivity contribution in [3.8, 4) is 0 Å². The highest BCUT2D eigenvalue weighted by molar-refractivity contribution is 5.78. The quantitative estimate of drug-likeness (QED) is 0.395. The Labute approximate surface area is 64.2 Å². The molecule has 0 aromatic carbocycles. The highest BCUT2D eigenvalue weighted by Crippen LogP contribution is 2.20. The van der Waals surface area contributed by atoms with Crippen LogP contribution >= 0.6 is 0 Å². The van der Waals surface area contributed by atoms with E-state index in [2.05, 4.69) is 10.3 Å². The van der Waals surface area contributed by atoms with Gasteiger partial charge in [-0.1, -0.05) is 0 Å². The maximum atomic E-state index is 9.34. The zero-order chi connectivity index (χ0) is 7.84. The number of fused-ring (bicyclic) bond motifs is 2. The lowest BCUT2D eigenvalue weighted by Gasteiger charge is -2.09. The molecule has 0 spiro atoms. The van der Waals surface area contributed by atoms with Crippen molar-refractivity contribution in [3.05, 3.63) is 0 Å². The molecule has 4 N–H and O–H groups in total. The van der Waals surface area contributed by atoms with Crippen molar-refractivity contribution in [2.75, 3.05) is 6.54 Å². The van der Waals surface area contributed by atoms with Gasteiger partial charge in [0.2, 0.25) is 0 Å². The highest BCUT2D eigenvalue weighted by atomic mass is 16.5. The van der Waals surface area contributed by atoms with Gasteiger partial charge in [-0.05, 0) is 0 Å². The molecule has 11 heavy (non-hydrogen) atoms. The molecule has 0 saturated carbocycles. The zero-order valence-corrected chi connectivity index (χ0v) is 6.03. The number of nitrogens with zero attached hydrogens (tertiary/aromatic N) is 1. The third-order valence-electron chi connectivity index (χ3n) is 1.97. The van der Waals surface area contributed by atoms with Crippen molar-refractivity contribution in [1.29, 1.82) is 0 Å². The van der Waals surface area contributed by atoms with E-state index < -0.39 is 6.10 Å². The lowest BCUT2D eigenvalue weighted by Crippen LogP contribution is -2.39. The van der Waals surface area contributed by atoms with Crippen molar-refractivity contribution in [2.24, 2.45) is 10.7 Å². The molecule has 2 aliphatic heterocycles. The molecule has 62 valence electrons. The van der Waals surface area contributed by atoms with Crippen molar-refractivity contribution < 1.29 is 9.84 Å². The SMILES string of the molecule is NC1=NC[C@H]2O[C@H](C[C@@H]2O)N1. The van der Waals surface area contributed by atoms with Crippen LogP contribution in [0.2, 0.25) is 0 Å². The fourth-order valence-corrected chi connectivity index (χ4v) is 1.38. The summed E-state index contributed by atoms with van der Waals surface area (Å²) in [7, 11) is 0. The Morgan fingerprint density at radius 1 is 1.73 bits per heavy atom. The number of aliphatic hydroxyl groups is 1. The van der Waals surface area contributed by atoms with Gasteiger partial charge in [-0.3, -0.25) is 4.99 Å². The van der Waals surface area contributed by atoms with Crippen LogP contribution in [0.1, 0.15) is 6.42 Å². The third-order valence-corrected chi connectivity index (χ3v) is 1.97. The summed E-state index contributed by atoms with van der Waals surface area (Å²) in [6, 6.07) is 0. The smallest absolute Gasteiger partial charge is 0.190 e. The van der Waals surface area contributed by atoms with Crippen LogP contribution in [-0.2, 0) is 4.74 Å². The summed E-state index contributed by atoms with van der Waals surface area (Å²) in [6.07, 6.45) is -0.125. The van der Waals surface area contributed by atoms with Crippen LogP contribution in [0.4, 0.5) is 0 Å². The lowest BCUT2D eigenvalue weighted by atomic mass is 10.2. The standard InChI is InChI=1S/C6H11N3O2/c7-6-8-2-4-3(10)1-5(9-6)11-4/h3-5,10H,1-2H2,(H3,7,8,9)/t3-,4+,5+/m0/s1. The summed E-state index contributed by atoms with van der Waals surface area (Å²) in [5.41, 5.74) is 5.44. The number of ether oxygens (including phenoxy) is 1. The molecule has 2 rings (SSSR count). The number of nitrogens with one attached hydrogen (secondary N) is 1. The van der Waals surface area contributed by atoms with Crippen molar-refractivity contribution in [2.45, 2.75) is 24.9 Å². The Bertz CT molecular complexity index is 194. The average molecular weight is 157 g/mol. The molecule has 2 bridgehead atoms. The van der Waals surface area contributed by atoms with E-state index in [0.717, 1.165) is 0 Å². The van der Waals surface area contributed by atoms with Crippen LogP contribution in [0, 0.1) is 0 Å². The van der Waals surface area contributed by atoms with Crippen LogP contribution in [0.25, 0.3) is 0 Å². The van der Waals surface area contributed by atoms with Gasteiger partial charge in [-0.2, -0.15) is 0 Å². The van der Waals surface area contributed by atoms with E-state index >= 15 is 0 Å². The van der Waals surface area contributed by atoms with E-state index in [4.69, 9.17) is 10.5 Å². The molecule has 0 aromatic rings. The molecular formula is C6H11N3O2. The van der Waals surface area contributed by atoms with Gasteiger partial charge in [0.05, 0.1) is 12.6 Å². The predicted octanol–water partition coefficient (Wildman–Crippen LogP) is -1.62. The molecule has 0 amide bonds. The van der Waals surface area contributed by atoms with Gasteiger partial charge >= 0.3 is 0 Å². The number of nitrogens with two attached hydrogens (primary N) is 1. The molecule has 0 radical (unpaired) electrons. The first-order valence-corrected chi connectivity index (χ1v) is 3.65. The Hall–Kier alpha value is -0.810. The van der Waals surface area contributed by atoms with Gasteiger partial charge in [0.25, 0.3) is 0 Å². The van der Waals surface area contributed by atoms with E-state index in [-0.39, 0.29) is 12.3 Å². The normalized spacial score (nSPS) is 42.6. The van der Waals surface area contributed by atoms with Crippen LogP contribution in [-0.4, -0.2) is 36.0 Å². The number of rotatable bonds is 0. The minimum Gasteiger partial charge on any atom is -0.390 e. The van der Waals surface area contributed by atoms with Crippen molar-refractivity contribution >= 4 is 5.96 Å². The second kappa shape index (κ2) is 2.35. The number of guanidine groups is 1. The molecule has 2 heterocycles. The topological polar surface area (TPSA) is 79.9 Å². The first-order chi connectivity index (χ1) is 5.25. The largest absolute Gasteiger partial charge is 0.390 e. The molecule has 5 heteroatoms. The summed E-state index contributed by atoms with van der Waals surface area (Å²) in [4.78, 5) is 3.96. The van der Waals surface area contributed by atoms with Crippen LogP contribution in [0.5, 0.6) is 0 Å². The lowest BCUT2D eigenvalue weighted by molar-refractivity contribution is 0.0155. The minimum absolute atomic E-state index is 0.152. The molecule has 2 aliphatic rings. The minimum atomic E-state index is -0.399. The Morgan fingerprint density at radius 2 is 2.55 bits per heavy atom. The first-order valence-electron chi connectivity index (χ1n) is 3.65. The van der Waals surface area contributed by atoms with Crippen molar-refractivity contribution in [3.63, 3.8) is 0 Å². The van der Waals surface area contributed by atoms with Crippen LogP contribution < -0.4 is 11.1 Å². The maximum absolute atomic E-state index is 9.34. The van der Waals surface area contributed by atoms with Crippen LogP contribution in [0.3, 0.4) is 0 Å². The summed E-state index contributed by atoms with van der Waals surface area (Å²) in [5, 5.41) is 12.2. The first kappa shape index (κ1) is 6.87. The van der Waals surface area contributed by atoms with Gasteiger partial charge in [0.1, 0.15) is 12.3 Å². The summed E-state index contributed by atoms with van der Waals surface area (Å²) in [6.45, 7) is 0.455. The Kier molecular flexibility index (Phi) is 1.47. The predicted molar refractivity (Wildman–Crippen MR) is 38.9 cm³/mol. The average Bonchev–Trinajstić information content (AvgIpc) is 2.13. The number of aliphatic hydroxyl groups excluding tert-OH is 1. The zero-order valence-electron chi connectivity index (χ0n) is 6.03. The fourth-order valence-electron chi connectivity index (χ4n) is 1.38. The molecule has 0 aliphatic carbocycles. The summed E-state index contributed by atoms with van der Waals surface area (Å²) in [5.74, 6) is 0.407. The van der Waals surface area contributed by atoms with Crippen LogP contribution in [0.15, 0.2) is 4.99 Å². The van der Waals surface area contributed by atoms with E-state index in [9.17, 15) is 5.11 Å². The highest BCUT2D eigenvalue weighted by Gasteiger charge is 2.35. The maximum Gasteiger partial charge on any atom is 0.190 e. The Morgan fingerprint density at radius 3 is 3.36 bits per heavy atom. The van der Waals surface area contributed by atoms with Gasteiger partial charge in [-0.25, -0.2) is 0 Å². The van der Waals surface area contributed by atoms with Gasteiger partial charge in [-0.15, -0.1) is 0 Å². The third kappa shape index (κ3) is 1.17. The second-order valence-electron chi connectivity index (χ2n) is 2.84. The fraction of sp³-hybridized carbons (Fsp3) is 0.833. The van der Waals surface area contributed by atoms with E-state index in [1.54, 1.807) is 0 Å². The molecule has 0 unspecified atom stereocenters. The number of hydrogen-bond donors (Lipinski definition) is 3. The monoisotopic (exact) mass is 157 g/mol. The number of aliphatic imine (C=N–C) groups is 1. The van der Waals surface area contributed by atoms with E-state index in [0.29, 0.717) is 18.9 Å². The molecule has 0 aromatic heterocycles. The van der Waals surface area contributed by atoms with Crippen molar-refractivity contribution in [1.82, 2.24) is 5.32 Å². The molecular weight excluding hydrogens is 146 g/mol. The van der Waals surface area contributed by atoms with Gasteiger partial charge in [0.15, 0.2) is 5.96 Å².